The Labute approximate surface area is 122 Å². The van der Waals surface area contributed by atoms with Gasteiger partial charge in [0.25, 0.3) is 0 Å². The van der Waals surface area contributed by atoms with Crippen LogP contribution >= 0.6 is 0 Å². The Kier molecular flexibility index (Phi) is 3.41. The molecule has 0 bridgehead atoms. The van der Waals surface area contributed by atoms with Crippen LogP contribution in [0, 0.1) is 11.6 Å². The summed E-state index contributed by atoms with van der Waals surface area (Å²) < 4.78 is 26.9. The number of halogens is 2. The molecular formula is C16H16F2N2O. The first-order chi connectivity index (χ1) is 10.1. The molecule has 0 amide bonds. The minimum Gasteiger partial charge on any atom is -0.503 e. The van der Waals surface area contributed by atoms with Gasteiger partial charge in [0.05, 0.1) is 11.4 Å². The average molecular weight is 290 g/mol. The number of likely N-dealkylation sites (N-methyl/N-ethyl adjacent to an activating group) is 1. The van der Waals surface area contributed by atoms with Crippen molar-refractivity contribution in [1.29, 1.82) is 0 Å². The van der Waals surface area contributed by atoms with E-state index in [4.69, 9.17) is 5.11 Å². The fourth-order valence-corrected chi connectivity index (χ4v) is 2.66. The number of hydrogen-bond acceptors (Lipinski definition) is 3. The van der Waals surface area contributed by atoms with Crippen LogP contribution in [0.5, 0.6) is 5.75 Å². The summed E-state index contributed by atoms with van der Waals surface area (Å²) in [5.41, 5.74) is 2.64. The molecule has 0 fully saturated rings. The highest BCUT2D eigenvalue weighted by atomic mass is 19.1. The van der Waals surface area contributed by atoms with E-state index in [9.17, 15) is 8.78 Å². The van der Waals surface area contributed by atoms with Crippen LogP contribution in [0.4, 0.5) is 20.2 Å². The number of hydrogen-bond donors (Lipinski definition) is 1. The predicted octanol–water partition coefficient (Wildman–Crippen LogP) is 3.13. The Morgan fingerprint density at radius 1 is 1.05 bits per heavy atom. The second-order valence-corrected chi connectivity index (χ2v) is 5.24. The van der Waals surface area contributed by atoms with Crippen LogP contribution in [0.3, 0.4) is 0 Å². The summed E-state index contributed by atoms with van der Waals surface area (Å²) in [7, 11) is 2.02. The van der Waals surface area contributed by atoms with E-state index < -0.39 is 17.4 Å². The van der Waals surface area contributed by atoms with Crippen molar-refractivity contribution >= 4 is 11.4 Å². The third-order valence-electron chi connectivity index (χ3n) is 3.79. The third-order valence-corrected chi connectivity index (χ3v) is 3.79. The van der Waals surface area contributed by atoms with Crippen LogP contribution < -0.4 is 9.80 Å². The van der Waals surface area contributed by atoms with Crippen molar-refractivity contribution in [2.45, 2.75) is 6.54 Å². The zero-order valence-corrected chi connectivity index (χ0v) is 11.7. The van der Waals surface area contributed by atoms with E-state index in [2.05, 4.69) is 9.80 Å². The number of phenols is 1. The highest BCUT2D eigenvalue weighted by Gasteiger charge is 2.20. The van der Waals surface area contributed by atoms with Gasteiger partial charge in [0.15, 0.2) is 17.4 Å². The summed E-state index contributed by atoms with van der Waals surface area (Å²) in [5.74, 6) is -2.77. The number of nitrogens with zero attached hydrogens (tertiary/aromatic N) is 2. The molecule has 2 aromatic rings. The van der Waals surface area contributed by atoms with Crippen molar-refractivity contribution in [3.63, 3.8) is 0 Å². The molecular weight excluding hydrogens is 274 g/mol. The van der Waals surface area contributed by atoms with Gasteiger partial charge in [-0.3, -0.25) is 0 Å². The summed E-state index contributed by atoms with van der Waals surface area (Å²) in [6.45, 7) is 2.02. The van der Waals surface area contributed by atoms with Crippen LogP contribution in [0.1, 0.15) is 5.56 Å². The molecule has 1 aliphatic heterocycles. The predicted molar refractivity (Wildman–Crippen MR) is 78.8 cm³/mol. The molecule has 0 saturated heterocycles. The first kappa shape index (κ1) is 13.7. The second-order valence-electron chi connectivity index (χ2n) is 5.24. The van der Waals surface area contributed by atoms with Crippen LogP contribution in [0.15, 0.2) is 36.4 Å². The zero-order chi connectivity index (χ0) is 15.0. The molecule has 3 rings (SSSR count). The maximum atomic E-state index is 13.4. The van der Waals surface area contributed by atoms with E-state index in [1.165, 1.54) is 12.1 Å². The molecule has 0 aliphatic carbocycles. The van der Waals surface area contributed by atoms with Crippen molar-refractivity contribution < 1.29 is 13.9 Å². The lowest BCUT2D eigenvalue weighted by atomic mass is 10.1. The first-order valence-electron chi connectivity index (χ1n) is 6.78. The summed E-state index contributed by atoms with van der Waals surface area (Å²) in [5, 5.41) is 9.16. The van der Waals surface area contributed by atoms with Gasteiger partial charge in [0, 0.05) is 26.7 Å². The number of rotatable bonds is 2. The topological polar surface area (TPSA) is 26.7 Å². The van der Waals surface area contributed by atoms with Crippen molar-refractivity contribution in [3.8, 4) is 5.75 Å². The van der Waals surface area contributed by atoms with E-state index in [0.717, 1.165) is 24.5 Å². The molecule has 0 radical (unpaired) electrons. The summed E-state index contributed by atoms with van der Waals surface area (Å²) in [6, 6.07) is 10.3. The molecule has 0 unspecified atom stereocenters. The van der Waals surface area contributed by atoms with Gasteiger partial charge in [-0.1, -0.05) is 12.1 Å². The molecule has 21 heavy (non-hydrogen) atoms. The molecule has 2 aromatic carbocycles. The Bertz CT molecular complexity index is 652. The number of aromatic hydroxyl groups is 1. The minimum atomic E-state index is -0.924. The Hall–Kier alpha value is -2.30. The fraction of sp³-hybridized carbons (Fsp3) is 0.250. The molecule has 0 atom stereocenters. The van der Waals surface area contributed by atoms with Crippen molar-refractivity contribution in [2.75, 3.05) is 29.9 Å². The van der Waals surface area contributed by atoms with Crippen LogP contribution in [-0.2, 0) is 6.54 Å². The molecule has 3 nitrogen and oxygen atoms in total. The van der Waals surface area contributed by atoms with Gasteiger partial charge in [-0.25, -0.2) is 8.78 Å². The van der Waals surface area contributed by atoms with Gasteiger partial charge in [-0.15, -0.1) is 0 Å². The average Bonchev–Trinajstić information content (AvgIpc) is 2.48. The standard InChI is InChI=1S/C16H16F2N2O/c1-19-6-7-20(15-5-3-2-4-14(15)19)10-11-8-12(17)16(21)13(18)9-11/h2-5,8-9,21H,6-7,10H2,1H3. The first-order valence-corrected chi connectivity index (χ1v) is 6.78. The SMILES string of the molecule is CN1CCN(Cc2cc(F)c(O)c(F)c2)c2ccccc21. The van der Waals surface area contributed by atoms with Gasteiger partial charge in [0.1, 0.15) is 0 Å². The molecule has 1 aliphatic rings. The Morgan fingerprint density at radius 3 is 2.33 bits per heavy atom. The molecule has 110 valence electrons. The summed E-state index contributed by atoms with van der Waals surface area (Å²) in [6.07, 6.45) is 0. The van der Waals surface area contributed by atoms with E-state index in [1.54, 1.807) is 0 Å². The largest absolute Gasteiger partial charge is 0.503 e. The molecule has 0 aromatic heterocycles. The smallest absolute Gasteiger partial charge is 0.187 e. The molecule has 1 N–H and O–H groups in total. The number of para-hydroxylation sites is 2. The molecule has 5 heteroatoms. The van der Waals surface area contributed by atoms with Gasteiger partial charge < -0.3 is 14.9 Å². The number of benzene rings is 2. The van der Waals surface area contributed by atoms with Gasteiger partial charge in [-0.05, 0) is 29.8 Å². The lowest BCUT2D eigenvalue weighted by Crippen LogP contribution is -2.38. The highest BCUT2D eigenvalue weighted by Crippen LogP contribution is 2.33. The molecule has 1 heterocycles. The number of phenolic OH excluding ortho intramolecular Hbond substituents is 1. The lowest BCUT2D eigenvalue weighted by molar-refractivity contribution is 0.395. The van der Waals surface area contributed by atoms with Crippen LogP contribution in [-0.4, -0.2) is 25.2 Å². The van der Waals surface area contributed by atoms with Gasteiger partial charge >= 0.3 is 0 Å². The van der Waals surface area contributed by atoms with Crippen molar-refractivity contribution in [3.05, 3.63) is 53.6 Å². The Balaban J connectivity index is 1.91. The monoisotopic (exact) mass is 290 g/mol. The maximum absolute atomic E-state index is 13.4. The zero-order valence-electron chi connectivity index (χ0n) is 11.7. The highest BCUT2D eigenvalue weighted by molar-refractivity contribution is 5.73. The number of anilines is 2. The van der Waals surface area contributed by atoms with Crippen LogP contribution in [0.2, 0.25) is 0 Å². The van der Waals surface area contributed by atoms with Crippen molar-refractivity contribution in [2.24, 2.45) is 0 Å². The summed E-state index contributed by atoms with van der Waals surface area (Å²) in [4.78, 5) is 4.24. The van der Waals surface area contributed by atoms with E-state index >= 15 is 0 Å². The minimum absolute atomic E-state index is 0.402. The lowest BCUT2D eigenvalue weighted by Gasteiger charge is -2.37. The quantitative estimate of drug-likeness (QED) is 0.920. The van der Waals surface area contributed by atoms with E-state index in [1.807, 2.05) is 31.3 Å². The fourth-order valence-electron chi connectivity index (χ4n) is 2.66. The normalized spacial score (nSPS) is 14.2. The number of fused-ring (bicyclic) bond motifs is 1. The van der Waals surface area contributed by atoms with Crippen LogP contribution in [0.25, 0.3) is 0 Å². The second kappa shape index (κ2) is 5.24. The van der Waals surface area contributed by atoms with E-state index in [-0.39, 0.29) is 0 Å². The maximum Gasteiger partial charge on any atom is 0.187 e. The van der Waals surface area contributed by atoms with E-state index in [0.29, 0.717) is 12.1 Å². The Morgan fingerprint density at radius 2 is 1.67 bits per heavy atom. The van der Waals surface area contributed by atoms with Gasteiger partial charge in [0.2, 0.25) is 0 Å². The van der Waals surface area contributed by atoms with Crippen molar-refractivity contribution in [1.82, 2.24) is 0 Å². The van der Waals surface area contributed by atoms with Gasteiger partial charge in [-0.2, -0.15) is 0 Å². The molecule has 0 saturated carbocycles. The molecule has 0 spiro atoms. The summed E-state index contributed by atoms with van der Waals surface area (Å²) >= 11 is 0. The third kappa shape index (κ3) is 2.51.